The Morgan fingerprint density at radius 1 is 1.00 bits per heavy atom. The maximum absolute atomic E-state index is 13.4. The Morgan fingerprint density at radius 2 is 1.62 bits per heavy atom. The summed E-state index contributed by atoms with van der Waals surface area (Å²) in [4.78, 5) is 34.6. The van der Waals surface area contributed by atoms with Crippen molar-refractivity contribution in [2.45, 2.75) is 31.3 Å². The molecule has 0 bridgehead atoms. The Bertz CT molecular complexity index is 1480. The van der Waals surface area contributed by atoms with Crippen LogP contribution in [0, 0.1) is 10.1 Å². The molecule has 0 heterocycles. The van der Waals surface area contributed by atoms with E-state index in [2.05, 4.69) is 10.5 Å². The van der Waals surface area contributed by atoms with Gasteiger partial charge in [-0.15, -0.1) is 0 Å². The monoisotopic (exact) mass is 568 g/mol. The molecule has 210 valence electrons. The van der Waals surface area contributed by atoms with Crippen molar-refractivity contribution in [3.05, 3.63) is 94.5 Å². The van der Waals surface area contributed by atoms with Crippen LogP contribution in [-0.4, -0.2) is 50.2 Å². The summed E-state index contributed by atoms with van der Waals surface area (Å²) in [6.07, 6.45) is 1.33. The standard InChI is InChI=1S/C27H28N4O8S/c1-27(2,3)39-26(33)19-38-22-15-13-20(14-16-22)17-28-29-25(32)18-30(21-9-5-4-6-10-21)40(36,37)24-12-8-7-11-23(24)31(34)35/h4-17H,18-19H2,1-3H3,(H,29,32)/b28-17+. The van der Waals surface area contributed by atoms with Crippen molar-refractivity contribution in [2.24, 2.45) is 5.10 Å². The summed E-state index contributed by atoms with van der Waals surface area (Å²) in [5.41, 5.74) is 1.76. The Balaban J connectivity index is 1.68. The number of nitrogens with zero attached hydrogens (tertiary/aromatic N) is 3. The van der Waals surface area contributed by atoms with Crippen LogP contribution in [0.25, 0.3) is 0 Å². The van der Waals surface area contributed by atoms with Gasteiger partial charge in [0.1, 0.15) is 17.9 Å². The summed E-state index contributed by atoms with van der Waals surface area (Å²) in [7, 11) is -4.50. The van der Waals surface area contributed by atoms with E-state index < -0.39 is 49.6 Å². The Kier molecular flexibility index (Phi) is 9.56. The van der Waals surface area contributed by atoms with Crippen molar-refractivity contribution >= 4 is 39.5 Å². The van der Waals surface area contributed by atoms with E-state index in [-0.39, 0.29) is 12.3 Å². The predicted molar refractivity (Wildman–Crippen MR) is 148 cm³/mol. The number of rotatable bonds is 11. The normalized spacial score (nSPS) is 11.6. The molecule has 3 rings (SSSR count). The molecule has 0 radical (unpaired) electrons. The van der Waals surface area contributed by atoms with E-state index in [1.807, 2.05) is 0 Å². The number of sulfonamides is 1. The molecular formula is C27H28N4O8S. The smallest absolute Gasteiger partial charge is 0.344 e. The number of nitro benzene ring substituents is 1. The maximum atomic E-state index is 13.4. The van der Waals surface area contributed by atoms with Crippen LogP contribution >= 0.6 is 0 Å². The molecule has 0 aromatic heterocycles. The molecule has 1 amide bonds. The number of hydrazone groups is 1. The van der Waals surface area contributed by atoms with Crippen molar-refractivity contribution in [3.8, 4) is 5.75 Å². The number of anilines is 1. The van der Waals surface area contributed by atoms with Gasteiger partial charge in [-0.05, 0) is 68.8 Å². The fourth-order valence-corrected chi connectivity index (χ4v) is 4.94. The number of carbonyl (C=O) groups is 2. The molecule has 3 aromatic carbocycles. The number of carbonyl (C=O) groups excluding carboxylic acids is 2. The highest BCUT2D eigenvalue weighted by Gasteiger charge is 2.33. The highest BCUT2D eigenvalue weighted by Crippen LogP contribution is 2.29. The summed E-state index contributed by atoms with van der Waals surface area (Å²) in [6.45, 7) is 4.32. The molecular weight excluding hydrogens is 540 g/mol. The lowest BCUT2D eigenvalue weighted by Crippen LogP contribution is -2.39. The zero-order valence-electron chi connectivity index (χ0n) is 22.0. The number of hydrogen-bond donors (Lipinski definition) is 1. The molecule has 0 aliphatic rings. The average Bonchev–Trinajstić information content (AvgIpc) is 2.90. The van der Waals surface area contributed by atoms with Gasteiger partial charge in [0.2, 0.25) is 0 Å². The fourth-order valence-electron chi connectivity index (χ4n) is 3.36. The number of benzene rings is 3. The average molecular weight is 569 g/mol. The van der Waals surface area contributed by atoms with Crippen LogP contribution in [0.4, 0.5) is 11.4 Å². The molecule has 0 saturated carbocycles. The van der Waals surface area contributed by atoms with Crippen LogP contribution in [0.15, 0.2) is 88.9 Å². The molecule has 3 aromatic rings. The van der Waals surface area contributed by atoms with Crippen molar-refractivity contribution < 1.29 is 32.4 Å². The third-order valence-corrected chi connectivity index (χ3v) is 6.84. The van der Waals surface area contributed by atoms with E-state index in [4.69, 9.17) is 9.47 Å². The summed E-state index contributed by atoms with van der Waals surface area (Å²) in [5, 5.41) is 15.3. The van der Waals surface area contributed by atoms with E-state index >= 15 is 0 Å². The minimum Gasteiger partial charge on any atom is -0.482 e. The highest BCUT2D eigenvalue weighted by molar-refractivity contribution is 7.93. The Labute approximate surface area is 231 Å². The van der Waals surface area contributed by atoms with Crippen molar-refractivity contribution in [1.29, 1.82) is 0 Å². The van der Waals surface area contributed by atoms with Gasteiger partial charge in [0, 0.05) is 6.07 Å². The number of para-hydroxylation sites is 2. The van der Waals surface area contributed by atoms with Crippen molar-refractivity contribution in [2.75, 3.05) is 17.5 Å². The van der Waals surface area contributed by atoms with Crippen LogP contribution in [-0.2, 0) is 24.3 Å². The van der Waals surface area contributed by atoms with E-state index in [0.29, 0.717) is 11.3 Å². The lowest BCUT2D eigenvalue weighted by molar-refractivity contribution is -0.387. The van der Waals surface area contributed by atoms with Crippen LogP contribution < -0.4 is 14.5 Å². The molecule has 0 atom stereocenters. The van der Waals surface area contributed by atoms with Gasteiger partial charge in [-0.2, -0.15) is 5.10 Å². The number of esters is 1. The molecule has 13 heteroatoms. The molecule has 0 aliphatic heterocycles. The van der Waals surface area contributed by atoms with Gasteiger partial charge < -0.3 is 9.47 Å². The largest absolute Gasteiger partial charge is 0.482 e. The van der Waals surface area contributed by atoms with E-state index in [0.717, 1.165) is 16.4 Å². The summed E-state index contributed by atoms with van der Waals surface area (Å²) >= 11 is 0. The van der Waals surface area contributed by atoms with Crippen LogP contribution in [0.3, 0.4) is 0 Å². The first-order valence-corrected chi connectivity index (χ1v) is 13.4. The molecule has 12 nitrogen and oxygen atoms in total. The molecule has 1 N–H and O–H groups in total. The first-order valence-electron chi connectivity index (χ1n) is 11.9. The number of hydrogen-bond acceptors (Lipinski definition) is 9. The molecule has 0 fully saturated rings. The third kappa shape index (κ3) is 8.36. The lowest BCUT2D eigenvalue weighted by atomic mass is 10.2. The van der Waals surface area contributed by atoms with E-state index in [1.165, 1.54) is 30.5 Å². The van der Waals surface area contributed by atoms with Crippen molar-refractivity contribution in [1.82, 2.24) is 5.43 Å². The number of amides is 1. The molecule has 40 heavy (non-hydrogen) atoms. The minimum atomic E-state index is -4.50. The molecule has 0 saturated heterocycles. The molecule has 0 spiro atoms. The third-order valence-electron chi connectivity index (χ3n) is 5.02. The predicted octanol–water partition coefficient (Wildman–Crippen LogP) is 3.66. The van der Waals surface area contributed by atoms with Gasteiger partial charge in [0.15, 0.2) is 11.5 Å². The van der Waals surface area contributed by atoms with E-state index in [9.17, 15) is 28.1 Å². The van der Waals surface area contributed by atoms with Crippen LogP contribution in [0.5, 0.6) is 5.75 Å². The van der Waals surface area contributed by atoms with Crippen LogP contribution in [0.1, 0.15) is 26.3 Å². The topological polar surface area (TPSA) is 158 Å². The Morgan fingerprint density at radius 3 is 2.25 bits per heavy atom. The first kappa shape index (κ1) is 29.8. The zero-order chi connectivity index (χ0) is 29.3. The SMILES string of the molecule is CC(C)(C)OC(=O)COc1ccc(/C=N/NC(=O)CN(c2ccccc2)S(=O)(=O)c2ccccc2[N+](=O)[O-])cc1. The summed E-state index contributed by atoms with van der Waals surface area (Å²) in [5.74, 6) is -0.861. The number of nitrogens with one attached hydrogen (secondary N) is 1. The minimum absolute atomic E-state index is 0.141. The first-order chi connectivity index (χ1) is 18.9. The summed E-state index contributed by atoms with van der Waals surface area (Å²) < 4.78 is 38.2. The zero-order valence-corrected chi connectivity index (χ0v) is 22.8. The van der Waals surface area contributed by atoms with Gasteiger partial charge in [0.25, 0.3) is 21.6 Å². The lowest BCUT2D eigenvalue weighted by Gasteiger charge is -2.23. The van der Waals surface area contributed by atoms with Crippen LogP contribution in [0.2, 0.25) is 0 Å². The maximum Gasteiger partial charge on any atom is 0.344 e. The molecule has 0 aliphatic carbocycles. The van der Waals surface area contributed by atoms with Gasteiger partial charge in [-0.25, -0.2) is 18.6 Å². The highest BCUT2D eigenvalue weighted by atomic mass is 32.2. The number of nitro groups is 1. The van der Waals surface area contributed by atoms with Gasteiger partial charge >= 0.3 is 5.97 Å². The Hall–Kier alpha value is -4.78. The number of ether oxygens (including phenoxy) is 2. The summed E-state index contributed by atoms with van der Waals surface area (Å²) in [6, 6.07) is 19.1. The van der Waals surface area contributed by atoms with E-state index in [1.54, 1.807) is 63.2 Å². The molecule has 0 unspecified atom stereocenters. The van der Waals surface area contributed by atoms with Gasteiger partial charge in [-0.3, -0.25) is 19.2 Å². The van der Waals surface area contributed by atoms with Gasteiger partial charge in [-0.1, -0.05) is 30.3 Å². The quantitative estimate of drug-likeness (QED) is 0.159. The second-order valence-electron chi connectivity index (χ2n) is 9.31. The fraction of sp³-hybridized carbons (Fsp3) is 0.222. The second kappa shape index (κ2) is 12.8. The second-order valence-corrected chi connectivity index (χ2v) is 11.1. The van der Waals surface area contributed by atoms with Gasteiger partial charge in [0.05, 0.1) is 16.8 Å². The van der Waals surface area contributed by atoms with Crippen molar-refractivity contribution in [3.63, 3.8) is 0 Å².